The van der Waals surface area contributed by atoms with Crippen LogP contribution in [0.3, 0.4) is 0 Å². The van der Waals surface area contributed by atoms with Crippen LogP contribution >= 0.6 is 0 Å². The maximum Gasteiger partial charge on any atom is 0.337 e. The number of amides is 1. The van der Waals surface area contributed by atoms with Gasteiger partial charge < -0.3 is 19.2 Å². The van der Waals surface area contributed by atoms with E-state index < -0.39 is 24.5 Å². The number of benzene rings is 3. The maximum absolute atomic E-state index is 12.4. The van der Waals surface area contributed by atoms with Crippen molar-refractivity contribution in [3.8, 4) is 0 Å². The summed E-state index contributed by atoms with van der Waals surface area (Å²) in [6.45, 7) is 1.34. The molecular weight excluding hydrogens is 410 g/mol. The first-order valence-corrected chi connectivity index (χ1v) is 9.98. The molecule has 7 nitrogen and oxygen atoms in total. The van der Waals surface area contributed by atoms with Crippen molar-refractivity contribution in [1.82, 2.24) is 0 Å². The molecule has 32 heavy (non-hydrogen) atoms. The number of carbonyl (C=O) groups is 3. The second-order valence-electron chi connectivity index (χ2n) is 7.33. The monoisotopic (exact) mass is 431 g/mol. The number of anilines is 1. The Hall–Kier alpha value is -4.13. The van der Waals surface area contributed by atoms with E-state index in [4.69, 9.17) is 13.9 Å². The van der Waals surface area contributed by atoms with Gasteiger partial charge in [-0.3, -0.25) is 9.59 Å². The van der Waals surface area contributed by atoms with Crippen LogP contribution in [0.25, 0.3) is 21.7 Å². The van der Waals surface area contributed by atoms with E-state index in [0.29, 0.717) is 22.4 Å². The van der Waals surface area contributed by atoms with Crippen LogP contribution in [0.1, 0.15) is 21.5 Å². The van der Waals surface area contributed by atoms with Gasteiger partial charge in [0.25, 0.3) is 5.91 Å². The molecule has 0 spiro atoms. The largest absolute Gasteiger partial charge is 0.465 e. The first-order valence-electron chi connectivity index (χ1n) is 9.98. The summed E-state index contributed by atoms with van der Waals surface area (Å²) in [6.07, 6.45) is 1.52. The highest BCUT2D eigenvalue weighted by Crippen LogP contribution is 2.30. The Morgan fingerprint density at radius 3 is 2.66 bits per heavy atom. The van der Waals surface area contributed by atoms with Gasteiger partial charge in [-0.15, -0.1) is 0 Å². The van der Waals surface area contributed by atoms with Crippen molar-refractivity contribution in [2.45, 2.75) is 13.3 Å². The Kier molecular flexibility index (Phi) is 5.89. The van der Waals surface area contributed by atoms with E-state index in [1.54, 1.807) is 25.3 Å². The number of hydrogen-bond acceptors (Lipinski definition) is 6. The third-order valence-corrected chi connectivity index (χ3v) is 5.17. The highest BCUT2D eigenvalue weighted by Gasteiger charge is 2.16. The van der Waals surface area contributed by atoms with Gasteiger partial charge in [-0.05, 0) is 41.5 Å². The van der Waals surface area contributed by atoms with Gasteiger partial charge in [0.1, 0.15) is 5.58 Å². The van der Waals surface area contributed by atoms with E-state index in [0.717, 1.165) is 21.7 Å². The standard InChI is InChI=1S/C25H21NO6/c1-15-7-8-17(25(29)30-2)11-20(15)26-22(27)14-32-23(28)12-18-13-31-21-10-9-16-5-3-4-6-19(16)24(18)21/h3-11,13H,12,14H2,1-2H3,(H,26,27). The van der Waals surface area contributed by atoms with Crippen molar-refractivity contribution in [2.75, 3.05) is 19.0 Å². The molecule has 0 unspecified atom stereocenters. The lowest BCUT2D eigenvalue weighted by Crippen LogP contribution is -2.22. The van der Waals surface area contributed by atoms with Crippen LogP contribution in [0.5, 0.6) is 0 Å². The maximum atomic E-state index is 12.4. The van der Waals surface area contributed by atoms with E-state index in [9.17, 15) is 14.4 Å². The molecule has 7 heteroatoms. The minimum absolute atomic E-state index is 0.0227. The van der Waals surface area contributed by atoms with Crippen LogP contribution < -0.4 is 5.32 Å². The number of esters is 2. The zero-order valence-corrected chi connectivity index (χ0v) is 17.6. The lowest BCUT2D eigenvalue weighted by Gasteiger charge is -2.10. The summed E-state index contributed by atoms with van der Waals surface area (Å²) in [5, 5.41) is 5.54. The number of furan rings is 1. The number of hydrogen-bond donors (Lipinski definition) is 1. The van der Waals surface area contributed by atoms with E-state index in [1.807, 2.05) is 36.4 Å². The number of ether oxygens (including phenoxy) is 2. The number of aryl methyl sites for hydroxylation is 1. The Morgan fingerprint density at radius 1 is 1.03 bits per heavy atom. The molecule has 0 fully saturated rings. The SMILES string of the molecule is COC(=O)c1ccc(C)c(NC(=O)COC(=O)Cc2coc3ccc4ccccc4c23)c1. The van der Waals surface area contributed by atoms with Crippen LogP contribution in [-0.2, 0) is 25.5 Å². The summed E-state index contributed by atoms with van der Waals surface area (Å²) >= 11 is 0. The number of fused-ring (bicyclic) bond motifs is 3. The van der Waals surface area contributed by atoms with E-state index >= 15 is 0 Å². The fourth-order valence-corrected chi connectivity index (χ4v) is 3.54. The molecule has 3 aromatic carbocycles. The summed E-state index contributed by atoms with van der Waals surface area (Å²) in [5.74, 6) is -1.56. The van der Waals surface area contributed by atoms with Gasteiger partial charge in [-0.25, -0.2) is 4.79 Å². The molecule has 1 amide bonds. The summed E-state index contributed by atoms with van der Waals surface area (Å²) in [6, 6.07) is 16.5. The molecule has 0 radical (unpaired) electrons. The molecule has 0 aliphatic rings. The zero-order chi connectivity index (χ0) is 22.7. The van der Waals surface area contributed by atoms with Crippen LogP contribution in [0.2, 0.25) is 0 Å². The molecule has 0 aliphatic heterocycles. The van der Waals surface area contributed by atoms with Crippen molar-refractivity contribution >= 4 is 45.3 Å². The van der Waals surface area contributed by atoms with Gasteiger partial charge in [-0.2, -0.15) is 0 Å². The Labute approximate surface area is 183 Å². The molecule has 1 N–H and O–H groups in total. The van der Waals surface area contributed by atoms with E-state index in [-0.39, 0.29) is 6.42 Å². The molecule has 0 saturated carbocycles. The van der Waals surface area contributed by atoms with Gasteiger partial charge in [0.15, 0.2) is 6.61 Å². The molecular formula is C25H21NO6. The minimum Gasteiger partial charge on any atom is -0.465 e. The smallest absolute Gasteiger partial charge is 0.337 e. The fraction of sp³-hybridized carbons (Fsp3) is 0.160. The van der Waals surface area contributed by atoms with Crippen molar-refractivity contribution < 1.29 is 28.3 Å². The van der Waals surface area contributed by atoms with Gasteiger partial charge >= 0.3 is 11.9 Å². The zero-order valence-electron chi connectivity index (χ0n) is 17.6. The second-order valence-corrected chi connectivity index (χ2v) is 7.33. The first kappa shape index (κ1) is 21.1. The van der Waals surface area contributed by atoms with Crippen molar-refractivity contribution in [3.63, 3.8) is 0 Å². The highest BCUT2D eigenvalue weighted by molar-refractivity contribution is 6.08. The van der Waals surface area contributed by atoms with Crippen molar-refractivity contribution in [2.24, 2.45) is 0 Å². The quantitative estimate of drug-likeness (QED) is 0.455. The predicted molar refractivity (Wildman–Crippen MR) is 120 cm³/mol. The predicted octanol–water partition coefficient (Wildman–Crippen LogP) is 4.41. The molecule has 162 valence electrons. The molecule has 4 aromatic rings. The number of rotatable bonds is 6. The summed E-state index contributed by atoms with van der Waals surface area (Å²) in [5.41, 5.74) is 2.90. The Balaban J connectivity index is 1.41. The molecule has 0 aliphatic carbocycles. The van der Waals surface area contributed by atoms with Crippen LogP contribution in [0, 0.1) is 6.92 Å². The summed E-state index contributed by atoms with van der Waals surface area (Å²) < 4.78 is 15.4. The topological polar surface area (TPSA) is 94.8 Å². The summed E-state index contributed by atoms with van der Waals surface area (Å²) in [4.78, 5) is 36.4. The Bertz CT molecular complexity index is 1340. The molecule has 4 rings (SSSR count). The third-order valence-electron chi connectivity index (χ3n) is 5.17. The lowest BCUT2D eigenvalue weighted by atomic mass is 10.0. The normalized spacial score (nSPS) is 10.8. The first-order chi connectivity index (χ1) is 15.5. The minimum atomic E-state index is -0.546. The number of methoxy groups -OCH3 is 1. The van der Waals surface area contributed by atoms with Gasteiger partial charge in [0, 0.05) is 16.6 Å². The molecule has 1 heterocycles. The molecule has 0 saturated heterocycles. The molecule has 0 atom stereocenters. The lowest BCUT2D eigenvalue weighted by molar-refractivity contribution is -0.146. The van der Waals surface area contributed by atoms with Gasteiger partial charge in [0.05, 0.1) is 25.4 Å². The van der Waals surface area contributed by atoms with Crippen molar-refractivity contribution in [3.05, 3.63) is 77.6 Å². The molecule has 1 aromatic heterocycles. The van der Waals surface area contributed by atoms with Crippen LogP contribution in [-0.4, -0.2) is 31.6 Å². The van der Waals surface area contributed by atoms with Crippen molar-refractivity contribution in [1.29, 1.82) is 0 Å². The van der Waals surface area contributed by atoms with Crippen LogP contribution in [0.15, 0.2) is 65.3 Å². The van der Waals surface area contributed by atoms with Gasteiger partial charge in [0.2, 0.25) is 0 Å². The average molecular weight is 431 g/mol. The number of nitrogens with one attached hydrogen (secondary N) is 1. The highest BCUT2D eigenvalue weighted by atomic mass is 16.5. The van der Waals surface area contributed by atoms with Gasteiger partial charge in [-0.1, -0.05) is 36.4 Å². The Morgan fingerprint density at radius 2 is 1.84 bits per heavy atom. The third kappa shape index (κ3) is 4.32. The second kappa shape index (κ2) is 8.93. The van der Waals surface area contributed by atoms with E-state index in [1.165, 1.54) is 13.2 Å². The fourth-order valence-electron chi connectivity index (χ4n) is 3.54. The molecule has 0 bridgehead atoms. The van der Waals surface area contributed by atoms with E-state index in [2.05, 4.69) is 5.32 Å². The average Bonchev–Trinajstić information content (AvgIpc) is 3.21. The van der Waals surface area contributed by atoms with Crippen LogP contribution in [0.4, 0.5) is 5.69 Å². The summed E-state index contributed by atoms with van der Waals surface area (Å²) in [7, 11) is 1.28. The number of carbonyl (C=O) groups excluding carboxylic acids is 3.